The standard InChI is InChI=1S/C27H29Cl2N3O/c28-21-6-5-20(22(29)12-21)16-32-24-4-2-1-3-23(24)31-25(32)7-8-30-26(33)27-13-17-9-18(14-27)11-19(10-17)15-27/h1-6,12,17-19H,7-11,13-16H2,(H,30,33). The highest BCUT2D eigenvalue weighted by Gasteiger charge is 2.54. The summed E-state index contributed by atoms with van der Waals surface area (Å²) in [7, 11) is 0. The molecule has 3 aromatic rings. The number of para-hydroxylation sites is 2. The number of benzene rings is 2. The molecule has 4 fully saturated rings. The lowest BCUT2D eigenvalue weighted by atomic mass is 9.49. The Bertz CT molecular complexity index is 1180. The number of nitrogens with one attached hydrogen (secondary N) is 1. The topological polar surface area (TPSA) is 46.9 Å². The van der Waals surface area contributed by atoms with Gasteiger partial charge in [-0.25, -0.2) is 4.98 Å². The second-order valence-electron chi connectivity index (χ2n) is 10.5. The van der Waals surface area contributed by atoms with Gasteiger partial charge in [-0.15, -0.1) is 0 Å². The van der Waals surface area contributed by atoms with Crippen LogP contribution >= 0.6 is 23.2 Å². The van der Waals surface area contributed by atoms with E-state index in [0.717, 1.165) is 59.4 Å². The molecule has 2 aromatic carbocycles. The number of carbonyl (C=O) groups is 1. The zero-order valence-corrected chi connectivity index (χ0v) is 20.2. The number of amides is 1. The van der Waals surface area contributed by atoms with Gasteiger partial charge in [-0.2, -0.15) is 0 Å². The Hall–Kier alpha value is -2.04. The molecule has 4 bridgehead atoms. The fourth-order valence-electron chi connectivity index (χ4n) is 7.18. The van der Waals surface area contributed by atoms with Gasteiger partial charge in [0.2, 0.25) is 5.91 Å². The van der Waals surface area contributed by atoms with Gasteiger partial charge < -0.3 is 9.88 Å². The van der Waals surface area contributed by atoms with Crippen molar-refractivity contribution in [3.63, 3.8) is 0 Å². The molecule has 172 valence electrons. The van der Waals surface area contributed by atoms with Crippen LogP contribution in [-0.2, 0) is 17.8 Å². The maximum atomic E-state index is 13.3. The highest BCUT2D eigenvalue weighted by molar-refractivity contribution is 6.35. The van der Waals surface area contributed by atoms with Crippen molar-refractivity contribution in [2.75, 3.05) is 6.54 Å². The molecule has 4 nitrogen and oxygen atoms in total. The zero-order valence-electron chi connectivity index (χ0n) is 18.7. The average Bonchev–Trinajstić information content (AvgIpc) is 3.12. The summed E-state index contributed by atoms with van der Waals surface area (Å²) in [6.07, 6.45) is 8.03. The maximum Gasteiger partial charge on any atom is 0.226 e. The summed E-state index contributed by atoms with van der Waals surface area (Å²) in [6, 6.07) is 13.8. The molecule has 1 amide bonds. The second kappa shape index (κ2) is 8.32. The molecule has 0 radical (unpaired) electrons. The van der Waals surface area contributed by atoms with Crippen LogP contribution in [0.5, 0.6) is 0 Å². The average molecular weight is 482 g/mol. The van der Waals surface area contributed by atoms with E-state index in [0.29, 0.717) is 29.6 Å². The normalized spacial score (nSPS) is 27.9. The van der Waals surface area contributed by atoms with Crippen LogP contribution in [0.1, 0.15) is 49.9 Å². The van der Waals surface area contributed by atoms with E-state index in [1.165, 1.54) is 19.3 Å². The second-order valence-corrected chi connectivity index (χ2v) is 11.4. The fraction of sp³-hybridized carbons (Fsp3) is 0.481. The van der Waals surface area contributed by atoms with Gasteiger partial charge in [-0.05, 0) is 86.1 Å². The number of carbonyl (C=O) groups excluding carboxylic acids is 1. The molecule has 6 heteroatoms. The first-order valence-electron chi connectivity index (χ1n) is 12.2. The van der Waals surface area contributed by atoms with Gasteiger partial charge in [0, 0.05) is 28.4 Å². The molecule has 1 heterocycles. The molecule has 0 atom stereocenters. The molecule has 0 spiro atoms. The van der Waals surface area contributed by atoms with Gasteiger partial charge in [0.15, 0.2) is 0 Å². The van der Waals surface area contributed by atoms with Crippen molar-refractivity contribution in [3.05, 3.63) is 63.9 Å². The molecule has 0 aliphatic heterocycles. The van der Waals surface area contributed by atoms with Crippen LogP contribution < -0.4 is 5.32 Å². The Morgan fingerprint density at radius 2 is 1.73 bits per heavy atom. The van der Waals surface area contributed by atoms with Crippen molar-refractivity contribution in [1.82, 2.24) is 14.9 Å². The molecule has 33 heavy (non-hydrogen) atoms. The third-order valence-corrected chi connectivity index (χ3v) is 8.82. The first-order valence-corrected chi connectivity index (χ1v) is 12.9. The van der Waals surface area contributed by atoms with Gasteiger partial charge >= 0.3 is 0 Å². The molecule has 4 saturated carbocycles. The van der Waals surface area contributed by atoms with Crippen LogP contribution in [0.2, 0.25) is 10.0 Å². The quantitative estimate of drug-likeness (QED) is 0.451. The molecule has 0 unspecified atom stereocenters. The van der Waals surface area contributed by atoms with Crippen LogP contribution in [0, 0.1) is 23.2 Å². The summed E-state index contributed by atoms with van der Waals surface area (Å²) >= 11 is 12.6. The third-order valence-electron chi connectivity index (χ3n) is 8.23. The van der Waals surface area contributed by atoms with Crippen molar-refractivity contribution < 1.29 is 4.79 Å². The van der Waals surface area contributed by atoms with E-state index in [1.54, 1.807) is 6.07 Å². The molecule has 0 saturated heterocycles. The van der Waals surface area contributed by atoms with Gasteiger partial charge in [0.25, 0.3) is 0 Å². The maximum absolute atomic E-state index is 13.3. The Morgan fingerprint density at radius 3 is 2.42 bits per heavy atom. The molecule has 1 aromatic heterocycles. The molecular weight excluding hydrogens is 453 g/mol. The van der Waals surface area contributed by atoms with E-state index < -0.39 is 0 Å². The van der Waals surface area contributed by atoms with E-state index >= 15 is 0 Å². The highest BCUT2D eigenvalue weighted by Crippen LogP contribution is 2.60. The van der Waals surface area contributed by atoms with Gasteiger partial charge in [0.05, 0.1) is 17.6 Å². The highest BCUT2D eigenvalue weighted by atomic mass is 35.5. The number of fused-ring (bicyclic) bond motifs is 1. The Kier molecular flexibility index (Phi) is 5.42. The summed E-state index contributed by atoms with van der Waals surface area (Å²) in [5.74, 6) is 3.57. The monoisotopic (exact) mass is 481 g/mol. The van der Waals surface area contributed by atoms with Crippen LogP contribution in [0.3, 0.4) is 0 Å². The Labute approximate surface area is 204 Å². The lowest BCUT2D eigenvalue weighted by Gasteiger charge is -2.55. The lowest BCUT2D eigenvalue weighted by molar-refractivity contribution is -0.146. The molecule has 4 aliphatic carbocycles. The van der Waals surface area contributed by atoms with Gasteiger partial charge in [-0.3, -0.25) is 4.79 Å². The number of imidazole rings is 1. The summed E-state index contributed by atoms with van der Waals surface area (Å²) in [4.78, 5) is 18.2. The van der Waals surface area contributed by atoms with Crippen molar-refractivity contribution in [3.8, 4) is 0 Å². The predicted molar refractivity (Wildman–Crippen MR) is 133 cm³/mol. The third kappa shape index (κ3) is 3.95. The molecule has 1 N–H and O–H groups in total. The number of hydrogen-bond donors (Lipinski definition) is 1. The summed E-state index contributed by atoms with van der Waals surface area (Å²) in [6.45, 7) is 1.23. The summed E-state index contributed by atoms with van der Waals surface area (Å²) in [5.41, 5.74) is 2.94. The first kappa shape index (κ1) is 21.5. The van der Waals surface area contributed by atoms with Crippen molar-refractivity contribution >= 4 is 40.1 Å². The summed E-state index contributed by atoms with van der Waals surface area (Å²) in [5, 5.41) is 4.59. The first-order chi connectivity index (χ1) is 16.0. The summed E-state index contributed by atoms with van der Waals surface area (Å²) < 4.78 is 2.21. The van der Waals surface area contributed by atoms with E-state index in [1.807, 2.05) is 30.3 Å². The van der Waals surface area contributed by atoms with Gasteiger partial charge in [0.1, 0.15) is 5.82 Å². The van der Waals surface area contributed by atoms with E-state index in [2.05, 4.69) is 16.0 Å². The minimum Gasteiger partial charge on any atom is -0.355 e. The van der Waals surface area contributed by atoms with Crippen molar-refractivity contribution in [2.24, 2.45) is 23.2 Å². The Balaban J connectivity index is 1.19. The number of rotatable bonds is 6. The minimum atomic E-state index is -0.105. The van der Waals surface area contributed by atoms with E-state index in [4.69, 9.17) is 28.2 Å². The predicted octanol–water partition coefficient (Wildman–Crippen LogP) is 6.27. The van der Waals surface area contributed by atoms with Crippen LogP contribution in [-0.4, -0.2) is 22.0 Å². The number of hydrogen-bond acceptors (Lipinski definition) is 2. The van der Waals surface area contributed by atoms with Crippen molar-refractivity contribution in [1.29, 1.82) is 0 Å². The SMILES string of the molecule is O=C(NCCc1nc2ccccc2n1Cc1ccc(Cl)cc1Cl)C12CC3CC(CC(C3)C1)C2. The number of aromatic nitrogens is 2. The van der Waals surface area contributed by atoms with Gasteiger partial charge in [-0.1, -0.05) is 41.4 Å². The van der Waals surface area contributed by atoms with E-state index in [9.17, 15) is 4.79 Å². The van der Waals surface area contributed by atoms with Crippen LogP contribution in [0.15, 0.2) is 42.5 Å². The number of nitrogens with zero attached hydrogens (tertiary/aromatic N) is 2. The fourth-order valence-corrected chi connectivity index (χ4v) is 7.65. The molecular formula is C27H29Cl2N3O. The Morgan fingerprint density at radius 1 is 1.03 bits per heavy atom. The minimum absolute atomic E-state index is 0.105. The van der Waals surface area contributed by atoms with Crippen LogP contribution in [0.4, 0.5) is 0 Å². The lowest BCUT2D eigenvalue weighted by Crippen LogP contribution is -2.53. The smallest absolute Gasteiger partial charge is 0.226 e. The molecule has 4 aliphatic rings. The van der Waals surface area contributed by atoms with Crippen molar-refractivity contribution in [2.45, 2.75) is 51.5 Å². The van der Waals surface area contributed by atoms with E-state index in [-0.39, 0.29) is 11.3 Å². The van der Waals surface area contributed by atoms with Crippen LogP contribution in [0.25, 0.3) is 11.0 Å². The largest absolute Gasteiger partial charge is 0.355 e. The zero-order chi connectivity index (χ0) is 22.6. The molecule has 7 rings (SSSR count). The number of halogens is 2.